The van der Waals surface area contributed by atoms with Crippen molar-refractivity contribution >= 4 is 35.1 Å². The fourth-order valence-corrected chi connectivity index (χ4v) is 4.18. The lowest BCUT2D eigenvalue weighted by Gasteiger charge is -2.25. The first-order chi connectivity index (χ1) is 16.8. The summed E-state index contributed by atoms with van der Waals surface area (Å²) in [6.07, 6.45) is 0.335. The summed E-state index contributed by atoms with van der Waals surface area (Å²) in [5, 5.41) is 8.24. The Hall–Kier alpha value is -4.46. The molecule has 1 saturated heterocycles. The van der Waals surface area contributed by atoms with Crippen LogP contribution in [0.2, 0.25) is 0 Å². The van der Waals surface area contributed by atoms with Gasteiger partial charge < -0.3 is 16.0 Å². The minimum absolute atomic E-state index is 0.256. The number of hydrogen-bond acceptors (Lipinski definition) is 4. The minimum atomic E-state index is -1.22. The summed E-state index contributed by atoms with van der Waals surface area (Å²) in [6.45, 7) is 3.25. The molecule has 1 fully saturated rings. The number of rotatable bonds is 7. The largest absolute Gasteiger partial charge is 0.325 e. The molecule has 1 aliphatic heterocycles. The first-order valence-corrected chi connectivity index (χ1v) is 11.3. The number of urea groups is 1. The van der Waals surface area contributed by atoms with Gasteiger partial charge in [0.25, 0.3) is 11.8 Å². The highest BCUT2D eigenvalue weighted by Gasteiger charge is 2.51. The molecule has 3 aromatic rings. The van der Waals surface area contributed by atoms with Gasteiger partial charge in [-0.05, 0) is 48.7 Å². The van der Waals surface area contributed by atoms with E-state index in [1.807, 2.05) is 31.2 Å². The molecule has 1 atom stereocenters. The number of nitrogens with zero attached hydrogens (tertiary/aromatic N) is 1. The number of nitrogens with one attached hydrogen (secondary N) is 3. The maximum absolute atomic E-state index is 13.3. The second-order valence-corrected chi connectivity index (χ2v) is 8.36. The average molecular weight is 471 g/mol. The molecule has 5 amide bonds. The van der Waals surface area contributed by atoms with Crippen LogP contribution in [0.15, 0.2) is 78.9 Å². The zero-order chi connectivity index (χ0) is 25.0. The van der Waals surface area contributed by atoms with E-state index in [4.69, 9.17) is 0 Å². The molecule has 8 nitrogen and oxygen atoms in total. The number of aryl methyl sites for hydroxylation is 1. The first-order valence-electron chi connectivity index (χ1n) is 11.3. The Morgan fingerprint density at radius 2 is 1.63 bits per heavy atom. The lowest BCUT2D eigenvalue weighted by atomic mass is 9.87. The summed E-state index contributed by atoms with van der Waals surface area (Å²) in [6, 6.07) is 22.2. The van der Waals surface area contributed by atoms with E-state index >= 15 is 0 Å². The Labute approximate surface area is 203 Å². The minimum Gasteiger partial charge on any atom is -0.324 e. The third kappa shape index (κ3) is 4.77. The van der Waals surface area contributed by atoms with Crippen molar-refractivity contribution in [2.45, 2.75) is 25.8 Å². The first kappa shape index (κ1) is 23.7. The monoisotopic (exact) mass is 470 g/mol. The Morgan fingerprint density at radius 1 is 0.914 bits per heavy atom. The van der Waals surface area contributed by atoms with Gasteiger partial charge in [-0.25, -0.2) is 4.79 Å². The molecule has 4 rings (SSSR count). The van der Waals surface area contributed by atoms with Crippen molar-refractivity contribution in [2.75, 3.05) is 17.2 Å². The molecular formula is C27H26N4O4. The number of imide groups is 1. The topological polar surface area (TPSA) is 108 Å². The lowest BCUT2D eigenvalue weighted by molar-refractivity contribution is -0.134. The van der Waals surface area contributed by atoms with Crippen LogP contribution >= 0.6 is 0 Å². The summed E-state index contributed by atoms with van der Waals surface area (Å²) < 4.78 is 0. The van der Waals surface area contributed by atoms with Gasteiger partial charge in [0.15, 0.2) is 0 Å². The van der Waals surface area contributed by atoms with Gasteiger partial charge in [0.05, 0.1) is 11.3 Å². The maximum atomic E-state index is 13.3. The van der Waals surface area contributed by atoms with Crippen LogP contribution in [0.5, 0.6) is 0 Å². The van der Waals surface area contributed by atoms with Gasteiger partial charge in [-0.1, -0.05) is 61.5 Å². The van der Waals surface area contributed by atoms with E-state index in [1.165, 1.54) is 0 Å². The van der Waals surface area contributed by atoms with Crippen LogP contribution in [-0.2, 0) is 15.1 Å². The zero-order valence-corrected chi connectivity index (χ0v) is 19.5. The number of carbonyl (C=O) groups excluding carboxylic acids is 4. The van der Waals surface area contributed by atoms with Crippen LogP contribution in [0.3, 0.4) is 0 Å². The highest BCUT2D eigenvalue weighted by Crippen LogP contribution is 2.32. The summed E-state index contributed by atoms with van der Waals surface area (Å²) in [7, 11) is 0. The molecule has 1 aliphatic rings. The number of anilines is 2. The summed E-state index contributed by atoms with van der Waals surface area (Å²) in [5.74, 6) is -1.48. The summed E-state index contributed by atoms with van der Waals surface area (Å²) >= 11 is 0. The van der Waals surface area contributed by atoms with Crippen molar-refractivity contribution in [3.63, 3.8) is 0 Å². The van der Waals surface area contributed by atoms with Crippen molar-refractivity contribution in [1.29, 1.82) is 0 Å². The predicted octanol–water partition coefficient (Wildman–Crippen LogP) is 4.04. The molecule has 1 unspecified atom stereocenters. The van der Waals surface area contributed by atoms with Crippen LogP contribution in [-0.4, -0.2) is 35.2 Å². The van der Waals surface area contributed by atoms with Crippen molar-refractivity contribution in [2.24, 2.45) is 0 Å². The van der Waals surface area contributed by atoms with Gasteiger partial charge in [-0.15, -0.1) is 0 Å². The smallest absolute Gasteiger partial charge is 0.324 e. The normalized spacial score (nSPS) is 17.1. The van der Waals surface area contributed by atoms with Crippen LogP contribution < -0.4 is 16.0 Å². The van der Waals surface area contributed by atoms with Crippen LogP contribution in [0.4, 0.5) is 16.2 Å². The second-order valence-electron chi connectivity index (χ2n) is 8.36. The number of hydrogen-bond donors (Lipinski definition) is 3. The molecule has 3 N–H and O–H groups in total. The Bertz CT molecular complexity index is 1290. The second kappa shape index (κ2) is 9.80. The van der Waals surface area contributed by atoms with Gasteiger partial charge in [0.2, 0.25) is 5.91 Å². The van der Waals surface area contributed by atoms with E-state index in [-0.39, 0.29) is 11.3 Å². The molecule has 8 heteroatoms. The van der Waals surface area contributed by atoms with Gasteiger partial charge >= 0.3 is 6.03 Å². The third-order valence-corrected chi connectivity index (χ3v) is 6.00. The van der Waals surface area contributed by atoms with E-state index in [0.29, 0.717) is 17.7 Å². The van der Waals surface area contributed by atoms with E-state index < -0.39 is 35.8 Å². The molecule has 35 heavy (non-hydrogen) atoms. The van der Waals surface area contributed by atoms with Crippen molar-refractivity contribution in [3.05, 3.63) is 95.6 Å². The lowest BCUT2D eigenvalue weighted by Crippen LogP contribution is -2.44. The van der Waals surface area contributed by atoms with Gasteiger partial charge in [0, 0.05) is 5.69 Å². The van der Waals surface area contributed by atoms with Gasteiger partial charge in [-0.3, -0.25) is 19.3 Å². The number of benzene rings is 3. The van der Waals surface area contributed by atoms with Gasteiger partial charge in [0.1, 0.15) is 12.1 Å². The summed E-state index contributed by atoms with van der Waals surface area (Å²) in [4.78, 5) is 52.6. The molecule has 0 bridgehead atoms. The Kier molecular flexibility index (Phi) is 6.64. The highest BCUT2D eigenvalue weighted by molar-refractivity contribution is 6.12. The van der Waals surface area contributed by atoms with E-state index in [9.17, 15) is 19.2 Å². The number of carbonyl (C=O) groups is 4. The molecule has 0 aliphatic carbocycles. The van der Waals surface area contributed by atoms with Crippen LogP contribution in [0, 0.1) is 6.92 Å². The molecule has 3 aromatic carbocycles. The van der Waals surface area contributed by atoms with Crippen molar-refractivity contribution in [3.8, 4) is 0 Å². The molecule has 0 spiro atoms. The van der Waals surface area contributed by atoms with Crippen LogP contribution in [0.25, 0.3) is 0 Å². The maximum Gasteiger partial charge on any atom is 0.325 e. The van der Waals surface area contributed by atoms with Crippen LogP contribution in [0.1, 0.15) is 34.8 Å². The molecular weight excluding hydrogens is 444 g/mol. The molecule has 1 heterocycles. The van der Waals surface area contributed by atoms with E-state index in [2.05, 4.69) is 16.0 Å². The third-order valence-electron chi connectivity index (χ3n) is 6.00. The fraction of sp³-hybridized carbons (Fsp3) is 0.185. The predicted molar refractivity (Wildman–Crippen MR) is 133 cm³/mol. The molecule has 178 valence electrons. The SMILES string of the molecule is CCC1(c2ccccc2)NC(=O)N(CC(=O)Nc2ccccc2C(=O)Nc2cccc(C)c2)C1=O. The molecule has 0 aromatic heterocycles. The Morgan fingerprint density at radius 3 is 2.34 bits per heavy atom. The zero-order valence-electron chi connectivity index (χ0n) is 19.5. The number of amides is 5. The van der Waals surface area contributed by atoms with Gasteiger partial charge in [-0.2, -0.15) is 0 Å². The fourth-order valence-electron chi connectivity index (χ4n) is 4.18. The molecule has 0 saturated carbocycles. The molecule has 0 radical (unpaired) electrons. The number of para-hydroxylation sites is 1. The van der Waals surface area contributed by atoms with E-state index in [1.54, 1.807) is 61.5 Å². The highest BCUT2D eigenvalue weighted by atomic mass is 16.2. The Balaban J connectivity index is 1.49. The van der Waals surface area contributed by atoms with Crippen molar-refractivity contribution in [1.82, 2.24) is 10.2 Å². The average Bonchev–Trinajstić information content (AvgIpc) is 3.10. The summed E-state index contributed by atoms with van der Waals surface area (Å²) in [5.41, 5.74) is 1.60. The van der Waals surface area contributed by atoms with E-state index in [0.717, 1.165) is 10.5 Å². The standard InChI is InChI=1S/C27H26N4O4/c1-3-27(19-11-5-4-6-12-19)25(34)31(26(35)30-27)17-23(32)29-22-15-8-7-14-21(22)24(33)28-20-13-9-10-18(2)16-20/h4-16H,3,17H2,1-2H3,(H,28,33)(H,29,32)(H,30,35). The quantitative estimate of drug-likeness (QED) is 0.453. The van der Waals surface area contributed by atoms with Crippen molar-refractivity contribution < 1.29 is 19.2 Å².